The van der Waals surface area contributed by atoms with Crippen molar-refractivity contribution in [1.29, 1.82) is 0 Å². The number of hydrogen-bond acceptors (Lipinski definition) is 6. The van der Waals surface area contributed by atoms with Crippen LogP contribution in [-0.4, -0.2) is 20.7 Å². The third-order valence-corrected chi connectivity index (χ3v) is 5.42. The van der Waals surface area contributed by atoms with Gasteiger partial charge in [-0.15, -0.1) is 11.3 Å². The molecule has 22 heavy (non-hydrogen) atoms. The molecule has 0 radical (unpaired) electrons. The quantitative estimate of drug-likeness (QED) is 0.314. The minimum atomic E-state index is 0.353. The van der Waals surface area contributed by atoms with Crippen LogP contribution in [0.1, 0.15) is 10.6 Å². The van der Waals surface area contributed by atoms with Gasteiger partial charge >= 0.3 is 0 Å². The van der Waals surface area contributed by atoms with Crippen LogP contribution >= 0.6 is 46.3 Å². The second-order valence-electron chi connectivity index (χ2n) is 4.68. The largest absolute Gasteiger partial charge is 0.384 e. The fraction of sp³-hybridized carbons (Fsp3) is 0.214. The number of rotatable bonds is 4. The maximum atomic E-state index is 6.25. The first-order valence-corrected chi connectivity index (χ1v) is 9.05. The molecule has 0 saturated heterocycles. The molecule has 0 saturated carbocycles. The summed E-state index contributed by atoms with van der Waals surface area (Å²) < 4.78 is 1.04. The zero-order valence-corrected chi connectivity index (χ0v) is 14.8. The monoisotopic (exact) mass is 370 g/mol. The highest BCUT2D eigenvalue weighted by molar-refractivity contribution is 7.99. The minimum Gasteiger partial charge on any atom is -0.384 e. The molecule has 0 atom stereocenters. The van der Waals surface area contributed by atoms with Crippen LogP contribution < -0.4 is 5.73 Å². The number of aromatic nitrogens is 3. The third-order valence-electron chi connectivity index (χ3n) is 2.92. The van der Waals surface area contributed by atoms with E-state index in [-0.39, 0.29) is 0 Å². The summed E-state index contributed by atoms with van der Waals surface area (Å²) in [6.07, 6.45) is 0.769. The van der Waals surface area contributed by atoms with Crippen molar-refractivity contribution < 1.29 is 0 Å². The Bertz CT molecular complexity index is 815. The van der Waals surface area contributed by atoms with Gasteiger partial charge in [0.15, 0.2) is 5.16 Å². The molecular weight excluding hydrogens is 359 g/mol. The Hall–Kier alpha value is -1.08. The molecule has 3 aromatic rings. The topological polar surface area (TPSA) is 64.7 Å². The summed E-state index contributed by atoms with van der Waals surface area (Å²) in [5.41, 5.74) is 6.61. The number of nitrogens with two attached hydrogens (primary N) is 1. The molecular formula is C14H12Cl2N4S2. The molecule has 0 aliphatic heterocycles. The van der Waals surface area contributed by atoms with Crippen LogP contribution in [0, 0.1) is 6.92 Å². The lowest BCUT2D eigenvalue weighted by Crippen LogP contribution is -1.97. The fourth-order valence-corrected chi connectivity index (χ4v) is 4.32. The molecule has 4 nitrogen and oxygen atoms in total. The van der Waals surface area contributed by atoms with Gasteiger partial charge in [-0.1, -0.05) is 35.0 Å². The van der Waals surface area contributed by atoms with E-state index in [0.29, 0.717) is 21.3 Å². The van der Waals surface area contributed by atoms with E-state index in [0.717, 1.165) is 28.0 Å². The first-order valence-electron chi connectivity index (χ1n) is 6.49. The third kappa shape index (κ3) is 3.63. The lowest BCUT2D eigenvalue weighted by Gasteiger charge is -2.03. The highest BCUT2D eigenvalue weighted by atomic mass is 35.5. The molecule has 0 bridgehead atoms. The second-order valence-corrected chi connectivity index (χ2v) is 7.74. The average molecular weight is 371 g/mol. The number of pyridine rings is 1. The van der Waals surface area contributed by atoms with Crippen LogP contribution in [0.15, 0.2) is 23.4 Å². The molecule has 0 aliphatic carbocycles. The van der Waals surface area contributed by atoms with Crippen LogP contribution in [0.3, 0.4) is 0 Å². The maximum Gasteiger partial charge on any atom is 0.190 e. The summed E-state index contributed by atoms with van der Waals surface area (Å²) in [6.45, 7) is 2.07. The molecule has 0 amide bonds. The van der Waals surface area contributed by atoms with Gasteiger partial charge in [-0.05, 0) is 30.9 Å². The summed E-state index contributed by atoms with van der Waals surface area (Å²) in [6, 6.07) is 5.74. The molecule has 8 heteroatoms. The zero-order valence-electron chi connectivity index (χ0n) is 11.6. The number of aryl methyl sites for hydroxylation is 2. The lowest BCUT2D eigenvalue weighted by atomic mass is 10.2. The summed E-state index contributed by atoms with van der Waals surface area (Å²) in [5.74, 6) is 1.15. The second kappa shape index (κ2) is 6.58. The van der Waals surface area contributed by atoms with Crippen molar-refractivity contribution in [2.75, 3.05) is 11.5 Å². The molecule has 0 spiro atoms. The van der Waals surface area contributed by atoms with Gasteiger partial charge in [0.1, 0.15) is 16.1 Å². The Morgan fingerprint density at radius 3 is 2.77 bits per heavy atom. The van der Waals surface area contributed by atoms with Gasteiger partial charge in [0.25, 0.3) is 0 Å². The van der Waals surface area contributed by atoms with Crippen molar-refractivity contribution in [3.8, 4) is 0 Å². The van der Waals surface area contributed by atoms with E-state index in [1.54, 1.807) is 11.3 Å². The van der Waals surface area contributed by atoms with Gasteiger partial charge in [-0.2, -0.15) is 0 Å². The Balaban J connectivity index is 1.71. The normalized spacial score (nSPS) is 11.2. The van der Waals surface area contributed by atoms with E-state index in [1.807, 2.05) is 0 Å². The van der Waals surface area contributed by atoms with Gasteiger partial charge < -0.3 is 5.73 Å². The first kappa shape index (κ1) is 15.8. The summed E-state index contributed by atoms with van der Waals surface area (Å²) >= 11 is 15.3. The van der Waals surface area contributed by atoms with Gasteiger partial charge in [-0.3, -0.25) is 0 Å². The number of fused-ring (bicyclic) bond motifs is 1. The van der Waals surface area contributed by atoms with Crippen molar-refractivity contribution >= 4 is 62.2 Å². The Kier molecular flexibility index (Phi) is 4.73. The standard InChI is InChI=1S/C14H12Cl2N4S2/c1-7-4-8-5-9(18-13(16)12(8)22-7)2-3-21-14-19-10(15)6-11(17)20-14/h4-6H,2-3H2,1H3,(H2,17,19,20). The summed E-state index contributed by atoms with van der Waals surface area (Å²) in [7, 11) is 0. The van der Waals surface area contributed by atoms with Crippen LogP contribution in [0.2, 0.25) is 10.3 Å². The van der Waals surface area contributed by atoms with Gasteiger partial charge in [0, 0.05) is 22.4 Å². The number of thiophene rings is 1. The summed E-state index contributed by atoms with van der Waals surface area (Å²) in [5, 5.41) is 2.64. The van der Waals surface area contributed by atoms with Crippen LogP contribution in [-0.2, 0) is 6.42 Å². The molecule has 0 fully saturated rings. The van der Waals surface area contributed by atoms with Gasteiger partial charge in [0.05, 0.1) is 4.70 Å². The maximum absolute atomic E-state index is 6.25. The predicted molar refractivity (Wildman–Crippen MR) is 95.2 cm³/mol. The van der Waals surface area contributed by atoms with Crippen LogP contribution in [0.25, 0.3) is 10.1 Å². The molecule has 3 rings (SSSR count). The highest BCUT2D eigenvalue weighted by Crippen LogP contribution is 2.31. The number of halogens is 2. The number of hydrogen-bond donors (Lipinski definition) is 1. The van der Waals surface area contributed by atoms with E-state index in [9.17, 15) is 0 Å². The molecule has 3 aromatic heterocycles. The first-order chi connectivity index (χ1) is 10.5. The number of thioether (sulfide) groups is 1. The molecule has 0 aromatic carbocycles. The molecule has 3 heterocycles. The van der Waals surface area contributed by atoms with E-state index in [4.69, 9.17) is 28.9 Å². The Morgan fingerprint density at radius 2 is 2.00 bits per heavy atom. The molecule has 2 N–H and O–H groups in total. The Morgan fingerprint density at radius 1 is 1.18 bits per heavy atom. The van der Waals surface area contributed by atoms with Crippen molar-refractivity contribution in [2.24, 2.45) is 0 Å². The van der Waals surface area contributed by atoms with Crippen LogP contribution in [0.4, 0.5) is 5.82 Å². The van der Waals surface area contributed by atoms with Crippen LogP contribution in [0.5, 0.6) is 0 Å². The van der Waals surface area contributed by atoms with Crippen molar-refractivity contribution in [2.45, 2.75) is 18.5 Å². The minimum absolute atomic E-state index is 0.353. The van der Waals surface area contributed by atoms with E-state index < -0.39 is 0 Å². The van der Waals surface area contributed by atoms with Gasteiger partial charge in [0.2, 0.25) is 0 Å². The lowest BCUT2D eigenvalue weighted by molar-refractivity contribution is 0.969. The van der Waals surface area contributed by atoms with E-state index >= 15 is 0 Å². The average Bonchev–Trinajstić information content (AvgIpc) is 2.79. The SMILES string of the molecule is Cc1cc2cc(CCSc3nc(N)cc(Cl)n3)nc(Cl)c2s1. The van der Waals surface area contributed by atoms with Crippen molar-refractivity contribution in [3.05, 3.63) is 39.1 Å². The number of nitrogens with zero attached hydrogens (tertiary/aromatic N) is 3. The smallest absolute Gasteiger partial charge is 0.190 e. The van der Waals surface area contributed by atoms with Crippen molar-refractivity contribution in [3.63, 3.8) is 0 Å². The molecule has 114 valence electrons. The molecule has 0 aliphatic rings. The number of nitrogen functional groups attached to an aromatic ring is 1. The Labute approximate surface area is 146 Å². The zero-order chi connectivity index (χ0) is 15.7. The van der Waals surface area contributed by atoms with Crippen molar-refractivity contribution in [1.82, 2.24) is 15.0 Å². The summed E-state index contributed by atoms with van der Waals surface area (Å²) in [4.78, 5) is 13.9. The van der Waals surface area contributed by atoms with Gasteiger partial charge in [-0.25, -0.2) is 15.0 Å². The molecule has 0 unspecified atom stereocenters. The number of anilines is 1. The van der Waals surface area contributed by atoms with E-state index in [2.05, 4.69) is 34.0 Å². The highest BCUT2D eigenvalue weighted by Gasteiger charge is 2.08. The fourth-order valence-electron chi connectivity index (χ4n) is 2.04. The van der Waals surface area contributed by atoms with E-state index in [1.165, 1.54) is 22.7 Å². The predicted octanol–water partition coefficient (Wildman–Crippen LogP) is 4.62.